The lowest BCUT2D eigenvalue weighted by Gasteiger charge is -2.30. The van der Waals surface area contributed by atoms with Gasteiger partial charge in [-0.1, -0.05) is 85.2 Å². The largest absolute Gasteiger partial charge is 0.299 e. The molecule has 0 radical (unpaired) electrons. The highest BCUT2D eigenvalue weighted by atomic mass is 16.1. The van der Waals surface area contributed by atoms with Crippen molar-refractivity contribution in [3.63, 3.8) is 0 Å². The first-order valence-corrected chi connectivity index (χ1v) is 12.9. The molecule has 0 saturated carbocycles. The van der Waals surface area contributed by atoms with Crippen molar-refractivity contribution in [1.29, 1.82) is 0 Å². The Morgan fingerprint density at radius 3 is 1.11 bits per heavy atom. The van der Waals surface area contributed by atoms with Gasteiger partial charge in [0.05, 0.1) is 0 Å². The van der Waals surface area contributed by atoms with Crippen molar-refractivity contribution in [1.82, 2.24) is 0 Å². The first-order valence-electron chi connectivity index (χ1n) is 12.9. The molecule has 0 aromatic heterocycles. The fourth-order valence-corrected chi connectivity index (χ4v) is 6.66. The first-order chi connectivity index (χ1) is 16.7. The Labute approximate surface area is 218 Å². The van der Waals surface area contributed by atoms with Crippen LogP contribution in [-0.2, 0) is 9.59 Å². The van der Waals surface area contributed by atoms with Crippen LogP contribution in [0.4, 0.5) is 0 Å². The molecule has 0 fully saturated rings. The number of rotatable bonds is 6. The first kappa shape index (κ1) is 27.6. The van der Waals surface area contributed by atoms with E-state index in [0.717, 1.165) is 16.7 Å². The number of hydrogen-bond donors (Lipinski definition) is 0. The zero-order chi connectivity index (χ0) is 27.2. The van der Waals surface area contributed by atoms with Crippen LogP contribution in [0.1, 0.15) is 81.0 Å². The smallest absolute Gasteiger partial charge is 0.243 e. The summed E-state index contributed by atoms with van der Waals surface area (Å²) in [6.45, 7) is 24.8. The molecule has 0 amide bonds. The highest BCUT2D eigenvalue weighted by Gasteiger charge is 2.34. The van der Waals surface area contributed by atoms with E-state index in [4.69, 9.17) is 0 Å². The number of ketones is 2. The Kier molecular flexibility index (Phi) is 7.84. The maximum atomic E-state index is 12.6. The molecular weight excluding hydrogens is 439 g/mol. The summed E-state index contributed by atoms with van der Waals surface area (Å²) in [7, 11) is 0. The minimum atomic E-state index is -0.708. The molecule has 0 atom stereocenters. The van der Waals surface area contributed by atoms with E-state index in [1.54, 1.807) is 0 Å². The van der Waals surface area contributed by atoms with Gasteiger partial charge in [-0.3, -0.25) is 9.59 Å². The van der Waals surface area contributed by atoms with E-state index in [1.165, 1.54) is 74.7 Å². The lowest BCUT2D eigenvalue weighted by Crippen LogP contribution is -2.58. The molecule has 0 saturated heterocycles. The van der Waals surface area contributed by atoms with E-state index in [9.17, 15) is 9.59 Å². The van der Waals surface area contributed by atoms with E-state index >= 15 is 0 Å². The van der Waals surface area contributed by atoms with Crippen molar-refractivity contribution in [2.75, 3.05) is 0 Å². The number of carbonyl (C=O) groups is 2. The summed E-state index contributed by atoms with van der Waals surface area (Å²) in [4.78, 5) is 25.2. The van der Waals surface area contributed by atoms with E-state index in [-0.39, 0.29) is 18.3 Å². The van der Waals surface area contributed by atoms with Crippen molar-refractivity contribution in [3.05, 3.63) is 85.5 Å². The van der Waals surface area contributed by atoms with Crippen molar-refractivity contribution in [2.45, 2.75) is 89.0 Å². The normalized spacial score (nSPS) is 11.2. The third-order valence-electron chi connectivity index (χ3n) is 8.18. The summed E-state index contributed by atoms with van der Waals surface area (Å²) in [6.07, 6.45) is 0. The quantitative estimate of drug-likeness (QED) is 0.343. The molecule has 0 unspecified atom stereocenters. The van der Waals surface area contributed by atoms with Crippen LogP contribution in [0, 0.1) is 69.2 Å². The number of aryl methyl sites for hydroxylation is 6. The second kappa shape index (κ2) is 10.2. The van der Waals surface area contributed by atoms with Gasteiger partial charge in [0.1, 0.15) is 17.5 Å². The molecule has 0 heterocycles. The van der Waals surface area contributed by atoms with Gasteiger partial charge in [-0.15, -0.1) is 0 Å². The summed E-state index contributed by atoms with van der Waals surface area (Å²) in [5, 5.41) is 0. The summed E-state index contributed by atoms with van der Waals surface area (Å²) in [6, 6.07) is 9.14. The van der Waals surface area contributed by atoms with Gasteiger partial charge in [-0.2, -0.15) is 0 Å². The molecule has 0 aliphatic carbocycles. The number of benzene rings is 3. The fourth-order valence-electron chi connectivity index (χ4n) is 6.66. The summed E-state index contributed by atoms with van der Waals surface area (Å²) in [5.41, 5.74) is 17.0. The number of Topliss-reactive ketones (excluding diaryl/α,β-unsaturated/α-hetero) is 2. The molecular formula is C33H41BO2. The van der Waals surface area contributed by atoms with Crippen molar-refractivity contribution < 1.29 is 9.59 Å². The third-order valence-corrected chi connectivity index (χ3v) is 8.18. The highest BCUT2D eigenvalue weighted by Crippen LogP contribution is 2.30. The molecule has 0 spiro atoms. The molecule has 3 aromatic carbocycles. The van der Waals surface area contributed by atoms with Crippen molar-refractivity contribution >= 4 is 34.7 Å². The van der Waals surface area contributed by atoms with E-state index in [0.29, 0.717) is 0 Å². The van der Waals surface area contributed by atoms with E-state index < -0.39 is 5.92 Å². The molecule has 3 aromatic rings. The van der Waals surface area contributed by atoms with Crippen molar-refractivity contribution in [2.24, 2.45) is 0 Å². The Morgan fingerprint density at radius 2 is 0.833 bits per heavy atom. The average molecular weight is 481 g/mol. The average Bonchev–Trinajstić information content (AvgIpc) is 2.73. The molecule has 188 valence electrons. The van der Waals surface area contributed by atoms with Gasteiger partial charge < -0.3 is 0 Å². The standard InChI is InChI=1S/C33H41BO2/c1-17-13-19(3)31(20(4)14-17)34(32-21(5)15-18(2)16-22(32)6)33-25(9)23(7)29(24(8)26(33)10)30(27(11)35)28(12)36/h13-16,30H,1-12H3. The van der Waals surface area contributed by atoms with Crippen LogP contribution in [0.25, 0.3) is 0 Å². The molecule has 3 heteroatoms. The minimum absolute atomic E-state index is 0.0609. The van der Waals surface area contributed by atoms with Gasteiger partial charge in [-0.25, -0.2) is 0 Å². The van der Waals surface area contributed by atoms with Crippen LogP contribution in [0.2, 0.25) is 0 Å². The highest BCUT2D eigenvalue weighted by molar-refractivity contribution is 6.97. The van der Waals surface area contributed by atoms with E-state index in [1.807, 2.05) is 0 Å². The number of hydrogen-bond acceptors (Lipinski definition) is 2. The van der Waals surface area contributed by atoms with Crippen LogP contribution in [-0.4, -0.2) is 18.3 Å². The van der Waals surface area contributed by atoms with Crippen LogP contribution in [0.15, 0.2) is 24.3 Å². The van der Waals surface area contributed by atoms with Gasteiger partial charge in [0, 0.05) is 0 Å². The molecule has 0 aliphatic rings. The Bertz CT molecular complexity index is 1250. The zero-order valence-electron chi connectivity index (χ0n) is 24.3. The van der Waals surface area contributed by atoms with Crippen molar-refractivity contribution in [3.8, 4) is 0 Å². The Hall–Kier alpha value is -2.94. The van der Waals surface area contributed by atoms with Gasteiger partial charge in [-0.05, 0) is 99.8 Å². The maximum Gasteiger partial charge on any atom is 0.243 e. The van der Waals surface area contributed by atoms with Crippen LogP contribution in [0.5, 0.6) is 0 Å². The summed E-state index contributed by atoms with van der Waals surface area (Å²) < 4.78 is 0. The lowest BCUT2D eigenvalue weighted by molar-refractivity contribution is -0.126. The Morgan fingerprint density at radius 1 is 0.528 bits per heavy atom. The lowest BCUT2D eigenvalue weighted by atomic mass is 9.32. The minimum Gasteiger partial charge on any atom is -0.299 e. The SMILES string of the molecule is CC(=O)C(C(C)=O)c1c(C)c(C)c(B(c2c(C)cc(C)cc2C)c2c(C)cc(C)cc2C)c(C)c1C. The van der Waals surface area contributed by atoms with E-state index in [2.05, 4.69) is 93.5 Å². The maximum absolute atomic E-state index is 12.6. The van der Waals surface area contributed by atoms with Gasteiger partial charge >= 0.3 is 0 Å². The predicted octanol–water partition coefficient (Wildman–Crippen LogP) is 5.55. The molecule has 2 nitrogen and oxygen atoms in total. The Balaban J connectivity index is 2.53. The molecule has 0 aliphatic heterocycles. The summed E-state index contributed by atoms with van der Waals surface area (Å²) in [5.74, 6) is -0.889. The summed E-state index contributed by atoms with van der Waals surface area (Å²) >= 11 is 0. The molecule has 0 N–H and O–H groups in total. The van der Waals surface area contributed by atoms with Crippen LogP contribution < -0.4 is 16.4 Å². The monoisotopic (exact) mass is 480 g/mol. The van der Waals surface area contributed by atoms with Crippen LogP contribution >= 0.6 is 0 Å². The third kappa shape index (κ3) is 4.73. The molecule has 36 heavy (non-hydrogen) atoms. The van der Waals surface area contributed by atoms with Gasteiger partial charge in [0.2, 0.25) is 6.71 Å². The molecule has 0 bridgehead atoms. The topological polar surface area (TPSA) is 34.1 Å². The van der Waals surface area contributed by atoms with Gasteiger partial charge in [0.25, 0.3) is 0 Å². The second-order valence-electron chi connectivity index (χ2n) is 11.0. The number of carbonyl (C=O) groups excluding carboxylic acids is 2. The second-order valence-corrected chi connectivity index (χ2v) is 11.0. The predicted molar refractivity (Wildman–Crippen MR) is 155 cm³/mol. The van der Waals surface area contributed by atoms with Gasteiger partial charge in [0.15, 0.2) is 0 Å². The van der Waals surface area contributed by atoms with Crippen LogP contribution in [0.3, 0.4) is 0 Å². The zero-order valence-corrected chi connectivity index (χ0v) is 24.3. The molecule has 3 rings (SSSR count). The fraction of sp³-hybridized carbons (Fsp3) is 0.394.